The Morgan fingerprint density at radius 3 is 2.78 bits per heavy atom. The smallest absolute Gasteiger partial charge is 0.300 e. The number of amides is 1. The van der Waals surface area contributed by atoms with Crippen LogP contribution in [0.4, 0.5) is 0 Å². The quantitative estimate of drug-likeness (QED) is 0.441. The fraction of sp³-hybridized carbons (Fsp3) is 0.615. The van der Waals surface area contributed by atoms with Gasteiger partial charge in [-0.05, 0) is 24.6 Å². The standard InChI is InChI=1S/C13H23N3O2/c1-4-10(3)8-16(5-2)9-11-6-7-12(18-11)13(17)15-14/h6-7,10H,4-5,8-9,14H2,1-3H3,(H,15,17). The number of nitrogens with one attached hydrogen (secondary N) is 1. The lowest BCUT2D eigenvalue weighted by molar-refractivity contribution is 0.0921. The van der Waals surface area contributed by atoms with Crippen molar-refractivity contribution in [2.24, 2.45) is 11.8 Å². The maximum Gasteiger partial charge on any atom is 0.300 e. The van der Waals surface area contributed by atoms with Crippen LogP contribution in [0.5, 0.6) is 0 Å². The molecule has 0 fully saturated rings. The Hall–Kier alpha value is -1.33. The van der Waals surface area contributed by atoms with Crippen LogP contribution in [0, 0.1) is 5.92 Å². The molecule has 1 aromatic rings. The van der Waals surface area contributed by atoms with E-state index in [0.717, 1.165) is 31.8 Å². The topological polar surface area (TPSA) is 71.5 Å². The molecule has 0 saturated carbocycles. The van der Waals surface area contributed by atoms with Crippen molar-refractivity contribution in [1.82, 2.24) is 10.3 Å². The van der Waals surface area contributed by atoms with E-state index < -0.39 is 5.91 Å². The van der Waals surface area contributed by atoms with Gasteiger partial charge in [-0.15, -0.1) is 0 Å². The highest BCUT2D eigenvalue weighted by molar-refractivity contribution is 5.90. The second-order valence-corrected chi connectivity index (χ2v) is 4.58. The summed E-state index contributed by atoms with van der Waals surface area (Å²) in [5.41, 5.74) is 2.06. The zero-order valence-electron chi connectivity index (χ0n) is 11.4. The average molecular weight is 253 g/mol. The average Bonchev–Trinajstić information content (AvgIpc) is 2.85. The first-order valence-electron chi connectivity index (χ1n) is 6.42. The number of carbonyl (C=O) groups excluding carboxylic acids is 1. The van der Waals surface area contributed by atoms with E-state index in [1.54, 1.807) is 6.07 Å². The van der Waals surface area contributed by atoms with Crippen molar-refractivity contribution in [1.29, 1.82) is 0 Å². The molecule has 0 radical (unpaired) electrons. The molecule has 1 atom stereocenters. The fourth-order valence-electron chi connectivity index (χ4n) is 1.75. The number of hydrazine groups is 1. The Morgan fingerprint density at radius 2 is 2.22 bits per heavy atom. The monoisotopic (exact) mass is 253 g/mol. The highest BCUT2D eigenvalue weighted by Crippen LogP contribution is 2.12. The van der Waals surface area contributed by atoms with Crippen LogP contribution < -0.4 is 11.3 Å². The number of nitrogen functional groups attached to an aromatic ring is 1. The summed E-state index contributed by atoms with van der Waals surface area (Å²) >= 11 is 0. The zero-order chi connectivity index (χ0) is 13.5. The summed E-state index contributed by atoms with van der Waals surface area (Å²) in [6.07, 6.45) is 1.16. The maximum atomic E-state index is 11.3. The van der Waals surface area contributed by atoms with Crippen molar-refractivity contribution < 1.29 is 9.21 Å². The van der Waals surface area contributed by atoms with Crippen LogP contribution in [0.1, 0.15) is 43.5 Å². The van der Waals surface area contributed by atoms with E-state index in [1.165, 1.54) is 0 Å². The number of nitrogens with zero attached hydrogens (tertiary/aromatic N) is 1. The molecule has 1 amide bonds. The second-order valence-electron chi connectivity index (χ2n) is 4.58. The van der Waals surface area contributed by atoms with Gasteiger partial charge in [-0.3, -0.25) is 15.1 Å². The SMILES string of the molecule is CCC(C)CN(CC)Cc1ccc(C(=O)NN)o1. The molecule has 3 N–H and O–H groups in total. The van der Waals surface area contributed by atoms with Gasteiger partial charge in [0.15, 0.2) is 5.76 Å². The van der Waals surface area contributed by atoms with E-state index in [0.29, 0.717) is 5.92 Å². The molecule has 1 rings (SSSR count). The van der Waals surface area contributed by atoms with Gasteiger partial charge >= 0.3 is 5.91 Å². The summed E-state index contributed by atoms with van der Waals surface area (Å²) in [4.78, 5) is 13.6. The van der Waals surface area contributed by atoms with Crippen molar-refractivity contribution in [2.45, 2.75) is 33.7 Å². The lowest BCUT2D eigenvalue weighted by atomic mass is 10.1. The molecule has 1 aromatic heterocycles. The summed E-state index contributed by atoms with van der Waals surface area (Å²) in [6, 6.07) is 3.47. The highest BCUT2D eigenvalue weighted by atomic mass is 16.4. The summed E-state index contributed by atoms with van der Waals surface area (Å²) < 4.78 is 5.45. The Balaban J connectivity index is 2.59. The van der Waals surface area contributed by atoms with Crippen LogP contribution in [0.25, 0.3) is 0 Å². The van der Waals surface area contributed by atoms with E-state index in [-0.39, 0.29) is 5.76 Å². The van der Waals surface area contributed by atoms with Crippen molar-refractivity contribution in [3.05, 3.63) is 23.7 Å². The summed E-state index contributed by atoms with van der Waals surface area (Å²) in [5, 5.41) is 0. The van der Waals surface area contributed by atoms with E-state index in [1.807, 2.05) is 6.07 Å². The normalized spacial score (nSPS) is 12.7. The molecular formula is C13H23N3O2. The predicted molar refractivity (Wildman–Crippen MR) is 70.8 cm³/mol. The number of nitrogens with two attached hydrogens (primary N) is 1. The largest absolute Gasteiger partial charge is 0.455 e. The van der Waals surface area contributed by atoms with E-state index in [4.69, 9.17) is 10.3 Å². The second kappa shape index (κ2) is 7.18. The van der Waals surface area contributed by atoms with Crippen molar-refractivity contribution >= 4 is 5.91 Å². The van der Waals surface area contributed by atoms with Gasteiger partial charge in [-0.1, -0.05) is 27.2 Å². The molecule has 5 nitrogen and oxygen atoms in total. The molecule has 0 aromatic carbocycles. The van der Waals surface area contributed by atoms with Crippen molar-refractivity contribution in [2.75, 3.05) is 13.1 Å². The van der Waals surface area contributed by atoms with Crippen LogP contribution in [-0.4, -0.2) is 23.9 Å². The summed E-state index contributed by atoms with van der Waals surface area (Å²) in [6.45, 7) is 9.26. The van der Waals surface area contributed by atoms with Gasteiger partial charge in [0, 0.05) is 6.54 Å². The summed E-state index contributed by atoms with van der Waals surface area (Å²) in [7, 11) is 0. The van der Waals surface area contributed by atoms with Gasteiger partial charge in [0.25, 0.3) is 0 Å². The Kier molecular flexibility index (Phi) is 5.88. The zero-order valence-corrected chi connectivity index (χ0v) is 11.4. The molecule has 0 aliphatic rings. The molecule has 0 aliphatic carbocycles. The van der Waals surface area contributed by atoms with Gasteiger partial charge in [0.2, 0.25) is 0 Å². The van der Waals surface area contributed by atoms with Crippen molar-refractivity contribution in [3.8, 4) is 0 Å². The van der Waals surface area contributed by atoms with Gasteiger partial charge in [0.1, 0.15) is 5.76 Å². The number of hydrogen-bond donors (Lipinski definition) is 2. The summed E-state index contributed by atoms with van der Waals surface area (Å²) in [5.74, 6) is 6.36. The van der Waals surface area contributed by atoms with E-state index in [2.05, 4.69) is 31.1 Å². The maximum absolute atomic E-state index is 11.3. The molecule has 102 valence electrons. The lowest BCUT2D eigenvalue weighted by Crippen LogP contribution is -2.29. The third-order valence-electron chi connectivity index (χ3n) is 3.11. The first kappa shape index (κ1) is 14.7. The highest BCUT2D eigenvalue weighted by Gasteiger charge is 2.13. The molecule has 0 bridgehead atoms. The first-order valence-corrected chi connectivity index (χ1v) is 6.42. The van der Waals surface area contributed by atoms with Crippen LogP contribution in [-0.2, 0) is 6.54 Å². The van der Waals surface area contributed by atoms with Gasteiger partial charge < -0.3 is 4.42 Å². The van der Waals surface area contributed by atoms with E-state index >= 15 is 0 Å². The van der Waals surface area contributed by atoms with Crippen LogP contribution in [0.2, 0.25) is 0 Å². The number of rotatable bonds is 7. The molecule has 0 saturated heterocycles. The fourth-order valence-corrected chi connectivity index (χ4v) is 1.75. The van der Waals surface area contributed by atoms with Crippen LogP contribution >= 0.6 is 0 Å². The van der Waals surface area contributed by atoms with Crippen LogP contribution in [0.15, 0.2) is 16.5 Å². The van der Waals surface area contributed by atoms with E-state index in [9.17, 15) is 4.79 Å². The number of carbonyl (C=O) groups is 1. The molecule has 5 heteroatoms. The minimum absolute atomic E-state index is 0.257. The Labute approximate surface area is 108 Å². The third kappa shape index (κ3) is 4.16. The number of furan rings is 1. The Bertz CT molecular complexity index is 376. The minimum Gasteiger partial charge on any atom is -0.455 e. The van der Waals surface area contributed by atoms with Gasteiger partial charge in [0.05, 0.1) is 6.54 Å². The number of hydrogen-bond acceptors (Lipinski definition) is 4. The van der Waals surface area contributed by atoms with Crippen molar-refractivity contribution in [3.63, 3.8) is 0 Å². The van der Waals surface area contributed by atoms with Crippen LogP contribution in [0.3, 0.4) is 0 Å². The first-order chi connectivity index (χ1) is 8.60. The minimum atomic E-state index is -0.397. The Morgan fingerprint density at radius 1 is 1.50 bits per heavy atom. The molecule has 1 unspecified atom stereocenters. The molecule has 0 spiro atoms. The molecular weight excluding hydrogens is 230 g/mol. The van der Waals surface area contributed by atoms with Gasteiger partial charge in [-0.2, -0.15) is 0 Å². The third-order valence-corrected chi connectivity index (χ3v) is 3.11. The predicted octanol–water partition coefficient (Wildman–Crippen LogP) is 1.75. The lowest BCUT2D eigenvalue weighted by Gasteiger charge is -2.22. The molecule has 0 aliphatic heterocycles. The van der Waals surface area contributed by atoms with Gasteiger partial charge in [-0.25, -0.2) is 5.84 Å². The molecule has 1 heterocycles. The molecule has 18 heavy (non-hydrogen) atoms.